The summed E-state index contributed by atoms with van der Waals surface area (Å²) in [6.45, 7) is 4.18. The molecule has 0 aliphatic rings. The number of carbonyl (C=O) groups is 1. The molecule has 1 N–H and O–H groups in total. The summed E-state index contributed by atoms with van der Waals surface area (Å²) in [7, 11) is 0. The van der Waals surface area contributed by atoms with E-state index in [2.05, 4.69) is 15.4 Å². The van der Waals surface area contributed by atoms with Crippen LogP contribution in [-0.4, -0.2) is 20.7 Å². The molecule has 0 saturated heterocycles. The topological polar surface area (TPSA) is 68.5 Å². The molecule has 2 aromatic carbocycles. The number of imidazole rings is 1. The summed E-state index contributed by atoms with van der Waals surface area (Å²) >= 11 is 6.08. The number of hydrogen-bond acceptors (Lipinski definition) is 4. The maximum Gasteiger partial charge on any atom is 0.412 e. The molecule has 0 spiro atoms. The predicted molar refractivity (Wildman–Crippen MR) is 112 cm³/mol. The SMILES string of the molecule is Cc1ccc(OC(=O)NCc2c(-c3ccc(C)cc3)nc3ccc(Cl)nn23)cc1. The van der Waals surface area contributed by atoms with Crippen LogP contribution >= 0.6 is 11.6 Å². The minimum absolute atomic E-state index is 0.183. The second kappa shape index (κ2) is 7.93. The zero-order valence-electron chi connectivity index (χ0n) is 16.0. The lowest BCUT2D eigenvalue weighted by molar-refractivity contribution is 0.200. The fraction of sp³-hybridized carbons (Fsp3) is 0.136. The Morgan fingerprint density at radius 2 is 1.66 bits per heavy atom. The van der Waals surface area contributed by atoms with Gasteiger partial charge in [-0.25, -0.2) is 14.3 Å². The van der Waals surface area contributed by atoms with E-state index in [4.69, 9.17) is 16.3 Å². The number of ether oxygens (including phenoxy) is 1. The summed E-state index contributed by atoms with van der Waals surface area (Å²) < 4.78 is 6.98. The molecular weight excluding hydrogens is 388 g/mol. The highest BCUT2D eigenvalue weighted by Crippen LogP contribution is 2.25. The Morgan fingerprint density at radius 1 is 1.00 bits per heavy atom. The Kier molecular flexibility index (Phi) is 5.18. The van der Waals surface area contributed by atoms with Crippen molar-refractivity contribution >= 4 is 23.3 Å². The summed E-state index contributed by atoms with van der Waals surface area (Å²) in [5.74, 6) is 0.478. The Morgan fingerprint density at radius 3 is 2.34 bits per heavy atom. The molecule has 0 atom stereocenters. The monoisotopic (exact) mass is 406 g/mol. The van der Waals surface area contributed by atoms with Gasteiger partial charge in [-0.3, -0.25) is 0 Å². The van der Waals surface area contributed by atoms with E-state index in [0.717, 1.165) is 22.4 Å². The summed E-state index contributed by atoms with van der Waals surface area (Å²) in [6.07, 6.45) is -0.555. The van der Waals surface area contributed by atoms with Gasteiger partial charge in [0.2, 0.25) is 0 Å². The molecule has 29 heavy (non-hydrogen) atoms. The number of halogens is 1. The van der Waals surface area contributed by atoms with Gasteiger partial charge in [0.05, 0.1) is 17.9 Å². The van der Waals surface area contributed by atoms with Crippen molar-refractivity contribution in [3.8, 4) is 17.0 Å². The summed E-state index contributed by atoms with van der Waals surface area (Å²) in [5, 5.41) is 7.46. The molecule has 2 heterocycles. The van der Waals surface area contributed by atoms with Gasteiger partial charge in [-0.1, -0.05) is 59.1 Å². The first-order chi connectivity index (χ1) is 14.0. The van der Waals surface area contributed by atoms with E-state index in [9.17, 15) is 4.79 Å². The second-order valence-electron chi connectivity index (χ2n) is 6.76. The molecule has 0 radical (unpaired) electrons. The van der Waals surface area contributed by atoms with Gasteiger partial charge >= 0.3 is 6.09 Å². The first-order valence-corrected chi connectivity index (χ1v) is 9.51. The van der Waals surface area contributed by atoms with Crippen molar-refractivity contribution in [1.82, 2.24) is 19.9 Å². The zero-order chi connectivity index (χ0) is 20.4. The first-order valence-electron chi connectivity index (χ1n) is 9.13. The zero-order valence-corrected chi connectivity index (χ0v) is 16.8. The molecule has 0 aliphatic heterocycles. The van der Waals surface area contributed by atoms with E-state index in [0.29, 0.717) is 22.2 Å². The van der Waals surface area contributed by atoms with Crippen molar-refractivity contribution < 1.29 is 9.53 Å². The molecule has 0 saturated carbocycles. The normalized spacial score (nSPS) is 10.9. The van der Waals surface area contributed by atoms with Gasteiger partial charge in [-0.15, -0.1) is 0 Å². The van der Waals surface area contributed by atoms with E-state index in [1.54, 1.807) is 28.8 Å². The van der Waals surface area contributed by atoms with Crippen LogP contribution in [0.3, 0.4) is 0 Å². The number of nitrogens with one attached hydrogen (secondary N) is 1. The number of rotatable bonds is 4. The van der Waals surface area contributed by atoms with Crippen molar-refractivity contribution in [1.29, 1.82) is 0 Å². The van der Waals surface area contributed by atoms with E-state index in [1.165, 1.54) is 0 Å². The lowest BCUT2D eigenvalue weighted by Gasteiger charge is -2.08. The van der Waals surface area contributed by atoms with Crippen molar-refractivity contribution in [3.63, 3.8) is 0 Å². The van der Waals surface area contributed by atoms with Gasteiger partial charge in [0.1, 0.15) is 10.9 Å². The molecule has 0 aliphatic carbocycles. The molecule has 7 heteroatoms. The standard InChI is InChI=1S/C22H19ClN4O2/c1-14-3-7-16(8-4-14)21-18(27-20(25-21)12-11-19(23)26-27)13-24-22(28)29-17-9-5-15(2)6-10-17/h3-12H,13H2,1-2H3,(H,24,28). The van der Waals surface area contributed by atoms with Crippen LogP contribution in [0.15, 0.2) is 60.7 Å². The lowest BCUT2D eigenvalue weighted by Crippen LogP contribution is -2.27. The third-order valence-corrected chi connectivity index (χ3v) is 4.70. The summed E-state index contributed by atoms with van der Waals surface area (Å²) in [6, 6.07) is 18.8. The predicted octanol–water partition coefficient (Wildman–Crippen LogP) is 4.96. The second-order valence-corrected chi connectivity index (χ2v) is 7.14. The number of nitrogens with zero attached hydrogens (tertiary/aromatic N) is 3. The quantitative estimate of drug-likeness (QED) is 0.520. The van der Waals surface area contributed by atoms with Crippen LogP contribution in [0.5, 0.6) is 5.75 Å². The van der Waals surface area contributed by atoms with E-state index in [-0.39, 0.29) is 6.54 Å². The number of aromatic nitrogens is 3. The molecular formula is C22H19ClN4O2. The minimum atomic E-state index is -0.555. The number of benzene rings is 2. The molecule has 0 bridgehead atoms. The van der Waals surface area contributed by atoms with Crippen LogP contribution in [-0.2, 0) is 6.54 Å². The molecule has 0 fully saturated rings. The average Bonchev–Trinajstić information content (AvgIpc) is 3.06. The van der Waals surface area contributed by atoms with Crippen LogP contribution < -0.4 is 10.1 Å². The van der Waals surface area contributed by atoms with Crippen LogP contribution in [0.1, 0.15) is 16.8 Å². The number of carbonyl (C=O) groups excluding carboxylic acids is 1. The maximum absolute atomic E-state index is 12.3. The third kappa shape index (κ3) is 4.22. The lowest BCUT2D eigenvalue weighted by atomic mass is 10.1. The Labute approximate surface area is 173 Å². The van der Waals surface area contributed by atoms with E-state index >= 15 is 0 Å². The number of hydrogen-bond donors (Lipinski definition) is 1. The molecule has 4 rings (SSSR count). The van der Waals surface area contributed by atoms with Gasteiger partial charge in [-0.2, -0.15) is 5.10 Å². The number of aryl methyl sites for hydroxylation is 2. The Balaban J connectivity index is 1.61. The van der Waals surface area contributed by atoms with Crippen LogP contribution in [0.25, 0.3) is 16.9 Å². The molecule has 0 unspecified atom stereocenters. The highest BCUT2D eigenvalue weighted by Gasteiger charge is 2.17. The van der Waals surface area contributed by atoms with E-state index in [1.807, 2.05) is 50.2 Å². The largest absolute Gasteiger partial charge is 0.412 e. The van der Waals surface area contributed by atoms with Crippen LogP contribution in [0.4, 0.5) is 4.79 Å². The molecule has 6 nitrogen and oxygen atoms in total. The molecule has 146 valence electrons. The first kappa shape index (κ1) is 19.0. The fourth-order valence-corrected chi connectivity index (χ4v) is 3.10. The maximum atomic E-state index is 12.3. The Bertz CT molecular complexity index is 1170. The van der Waals surface area contributed by atoms with Crippen molar-refractivity contribution in [2.75, 3.05) is 0 Å². The summed E-state index contributed by atoms with van der Waals surface area (Å²) in [5.41, 5.74) is 5.27. The van der Waals surface area contributed by atoms with Gasteiger partial charge in [0.25, 0.3) is 0 Å². The van der Waals surface area contributed by atoms with Crippen molar-refractivity contribution in [3.05, 3.63) is 82.6 Å². The van der Waals surface area contributed by atoms with Gasteiger partial charge in [-0.05, 0) is 38.1 Å². The van der Waals surface area contributed by atoms with Crippen LogP contribution in [0, 0.1) is 13.8 Å². The molecule has 1 amide bonds. The number of fused-ring (bicyclic) bond motifs is 1. The number of amides is 1. The smallest absolute Gasteiger partial charge is 0.410 e. The van der Waals surface area contributed by atoms with Gasteiger partial charge in [0, 0.05) is 5.56 Å². The summed E-state index contributed by atoms with van der Waals surface area (Å²) in [4.78, 5) is 17.0. The minimum Gasteiger partial charge on any atom is -0.410 e. The van der Waals surface area contributed by atoms with Gasteiger partial charge < -0.3 is 10.1 Å². The van der Waals surface area contributed by atoms with Crippen LogP contribution in [0.2, 0.25) is 5.15 Å². The highest BCUT2D eigenvalue weighted by atomic mass is 35.5. The molecule has 4 aromatic rings. The fourth-order valence-electron chi connectivity index (χ4n) is 2.96. The average molecular weight is 407 g/mol. The van der Waals surface area contributed by atoms with Crippen molar-refractivity contribution in [2.45, 2.75) is 20.4 Å². The molecule has 2 aromatic heterocycles. The highest BCUT2D eigenvalue weighted by molar-refractivity contribution is 6.29. The van der Waals surface area contributed by atoms with E-state index < -0.39 is 6.09 Å². The van der Waals surface area contributed by atoms with Crippen molar-refractivity contribution in [2.24, 2.45) is 0 Å². The Hall–Kier alpha value is -3.38. The third-order valence-electron chi connectivity index (χ3n) is 4.49. The van der Waals surface area contributed by atoms with Gasteiger partial charge in [0.15, 0.2) is 5.65 Å².